The van der Waals surface area contributed by atoms with E-state index in [2.05, 4.69) is 10.3 Å². The van der Waals surface area contributed by atoms with E-state index >= 15 is 0 Å². The fourth-order valence-corrected chi connectivity index (χ4v) is 2.73. The van der Waals surface area contributed by atoms with E-state index < -0.39 is 0 Å². The van der Waals surface area contributed by atoms with Crippen LogP contribution in [-0.4, -0.2) is 61.4 Å². The number of nitrogens with zero attached hydrogens (tertiary/aromatic N) is 3. The van der Waals surface area contributed by atoms with Crippen LogP contribution in [0.2, 0.25) is 5.02 Å². The number of carbonyl (C=O) groups is 1. The van der Waals surface area contributed by atoms with Crippen LogP contribution in [0.5, 0.6) is 0 Å². The quantitative estimate of drug-likeness (QED) is 0.340. The van der Waals surface area contributed by atoms with Crippen LogP contribution in [0.3, 0.4) is 0 Å². The van der Waals surface area contributed by atoms with E-state index in [0.29, 0.717) is 49.1 Å². The number of benzene rings is 1. The SMILES string of the molecule is CCNC(=NCCc1c(F)cccc1Cl)N(C)CC(=O)N(CC)CC.I. The minimum Gasteiger partial charge on any atom is -0.357 e. The maximum atomic E-state index is 13.8. The van der Waals surface area contributed by atoms with Gasteiger partial charge in [-0.3, -0.25) is 9.79 Å². The number of amides is 1. The van der Waals surface area contributed by atoms with Gasteiger partial charge in [0, 0.05) is 43.8 Å². The summed E-state index contributed by atoms with van der Waals surface area (Å²) < 4.78 is 13.8. The van der Waals surface area contributed by atoms with Gasteiger partial charge >= 0.3 is 0 Å². The molecule has 5 nitrogen and oxygen atoms in total. The number of likely N-dealkylation sites (N-methyl/N-ethyl adjacent to an activating group) is 2. The molecule has 148 valence electrons. The van der Waals surface area contributed by atoms with Crippen molar-refractivity contribution >= 4 is 47.4 Å². The Morgan fingerprint density at radius 2 is 1.92 bits per heavy atom. The van der Waals surface area contributed by atoms with E-state index in [1.54, 1.807) is 21.9 Å². The number of carbonyl (C=O) groups excluding carboxylic acids is 1. The van der Waals surface area contributed by atoms with Gasteiger partial charge in [-0.1, -0.05) is 17.7 Å². The van der Waals surface area contributed by atoms with Crippen molar-refractivity contribution in [2.24, 2.45) is 4.99 Å². The first-order valence-corrected chi connectivity index (χ1v) is 9.02. The molecule has 0 aliphatic carbocycles. The summed E-state index contributed by atoms with van der Waals surface area (Å²) in [7, 11) is 1.82. The fraction of sp³-hybridized carbons (Fsp3) is 0.556. The van der Waals surface area contributed by atoms with Crippen LogP contribution in [0.1, 0.15) is 26.3 Å². The average Bonchev–Trinajstić information content (AvgIpc) is 2.57. The summed E-state index contributed by atoms with van der Waals surface area (Å²) in [6.45, 7) is 8.55. The predicted octanol–water partition coefficient (Wildman–Crippen LogP) is 3.41. The Hall–Kier alpha value is -1.09. The summed E-state index contributed by atoms with van der Waals surface area (Å²) >= 11 is 6.04. The van der Waals surface area contributed by atoms with Crippen molar-refractivity contribution in [3.05, 3.63) is 34.6 Å². The summed E-state index contributed by atoms with van der Waals surface area (Å²) in [5, 5.41) is 3.56. The Morgan fingerprint density at radius 1 is 1.27 bits per heavy atom. The normalized spacial score (nSPS) is 10.9. The molecule has 0 bridgehead atoms. The van der Waals surface area contributed by atoms with Gasteiger partial charge < -0.3 is 15.1 Å². The molecular formula is C18H29ClFIN4O. The van der Waals surface area contributed by atoms with Crippen molar-refractivity contribution in [3.8, 4) is 0 Å². The number of aliphatic imine (C=N–C) groups is 1. The summed E-state index contributed by atoms with van der Waals surface area (Å²) in [6.07, 6.45) is 0.401. The molecule has 1 rings (SSSR count). The number of nitrogens with one attached hydrogen (secondary N) is 1. The molecule has 0 unspecified atom stereocenters. The second kappa shape index (κ2) is 13.1. The van der Waals surface area contributed by atoms with Crippen molar-refractivity contribution in [2.75, 3.05) is 39.8 Å². The van der Waals surface area contributed by atoms with Crippen LogP contribution >= 0.6 is 35.6 Å². The second-order valence-electron chi connectivity index (χ2n) is 5.61. The van der Waals surface area contributed by atoms with Gasteiger partial charge in [0.1, 0.15) is 5.82 Å². The van der Waals surface area contributed by atoms with Crippen LogP contribution in [0, 0.1) is 5.82 Å². The average molecular weight is 499 g/mol. The molecule has 0 saturated carbocycles. The third-order valence-electron chi connectivity index (χ3n) is 3.87. The first kappa shape index (κ1) is 24.9. The molecule has 0 fully saturated rings. The van der Waals surface area contributed by atoms with Gasteiger partial charge in [0.05, 0.1) is 6.54 Å². The predicted molar refractivity (Wildman–Crippen MR) is 117 cm³/mol. The van der Waals surface area contributed by atoms with Gasteiger partial charge in [-0.2, -0.15) is 0 Å². The second-order valence-corrected chi connectivity index (χ2v) is 6.02. The molecule has 0 saturated heterocycles. The summed E-state index contributed by atoms with van der Waals surface area (Å²) in [5.41, 5.74) is 0.464. The Bertz CT molecular complexity index is 576. The molecule has 0 aromatic heterocycles. The fourth-order valence-electron chi connectivity index (χ4n) is 2.47. The summed E-state index contributed by atoms with van der Waals surface area (Å²) in [5.74, 6) is 0.350. The topological polar surface area (TPSA) is 47.9 Å². The minimum atomic E-state index is -0.322. The van der Waals surface area contributed by atoms with Gasteiger partial charge in [0.15, 0.2) is 5.96 Å². The number of hydrogen-bond acceptors (Lipinski definition) is 2. The molecule has 0 aliphatic heterocycles. The van der Waals surface area contributed by atoms with E-state index in [9.17, 15) is 9.18 Å². The largest absolute Gasteiger partial charge is 0.357 e. The molecule has 26 heavy (non-hydrogen) atoms. The zero-order chi connectivity index (χ0) is 18.8. The zero-order valence-corrected chi connectivity index (χ0v) is 19.0. The zero-order valence-electron chi connectivity index (χ0n) is 15.9. The Morgan fingerprint density at radius 3 is 2.46 bits per heavy atom. The highest BCUT2D eigenvalue weighted by atomic mass is 127. The van der Waals surface area contributed by atoms with Crippen LogP contribution in [-0.2, 0) is 11.2 Å². The van der Waals surface area contributed by atoms with Crippen molar-refractivity contribution < 1.29 is 9.18 Å². The maximum Gasteiger partial charge on any atom is 0.242 e. The van der Waals surface area contributed by atoms with Crippen LogP contribution < -0.4 is 5.32 Å². The summed E-state index contributed by atoms with van der Waals surface area (Å²) in [6, 6.07) is 4.65. The van der Waals surface area contributed by atoms with E-state index in [1.807, 2.05) is 27.8 Å². The van der Waals surface area contributed by atoms with Gasteiger partial charge in [0.2, 0.25) is 5.91 Å². The lowest BCUT2D eigenvalue weighted by Gasteiger charge is -2.25. The first-order valence-electron chi connectivity index (χ1n) is 8.64. The highest BCUT2D eigenvalue weighted by molar-refractivity contribution is 14.0. The molecule has 0 spiro atoms. The lowest BCUT2D eigenvalue weighted by Crippen LogP contribution is -2.45. The van der Waals surface area contributed by atoms with Crippen LogP contribution in [0.15, 0.2) is 23.2 Å². The Balaban J connectivity index is 0.00000625. The van der Waals surface area contributed by atoms with Gasteiger partial charge in [0.25, 0.3) is 0 Å². The third-order valence-corrected chi connectivity index (χ3v) is 4.22. The molecule has 8 heteroatoms. The molecule has 1 aromatic rings. The monoisotopic (exact) mass is 498 g/mol. The van der Waals surface area contributed by atoms with E-state index in [1.165, 1.54) is 6.07 Å². The van der Waals surface area contributed by atoms with E-state index in [0.717, 1.165) is 0 Å². The first-order chi connectivity index (χ1) is 11.9. The smallest absolute Gasteiger partial charge is 0.242 e. The Kier molecular flexibility index (Phi) is 12.6. The lowest BCUT2D eigenvalue weighted by atomic mass is 10.1. The third kappa shape index (κ3) is 7.65. The molecular weight excluding hydrogens is 470 g/mol. The molecule has 0 aliphatic rings. The molecule has 0 atom stereocenters. The van der Waals surface area contributed by atoms with Gasteiger partial charge in [-0.05, 0) is 39.3 Å². The van der Waals surface area contributed by atoms with E-state index in [4.69, 9.17) is 11.6 Å². The van der Waals surface area contributed by atoms with Crippen LogP contribution in [0.25, 0.3) is 0 Å². The van der Waals surface area contributed by atoms with Crippen molar-refractivity contribution in [1.29, 1.82) is 0 Å². The minimum absolute atomic E-state index is 0. The maximum absolute atomic E-state index is 13.8. The molecule has 1 aromatic carbocycles. The van der Waals surface area contributed by atoms with Gasteiger partial charge in [-0.15, -0.1) is 24.0 Å². The van der Waals surface area contributed by atoms with Crippen molar-refractivity contribution in [1.82, 2.24) is 15.1 Å². The molecule has 0 heterocycles. The van der Waals surface area contributed by atoms with E-state index in [-0.39, 0.29) is 42.2 Å². The van der Waals surface area contributed by atoms with Crippen molar-refractivity contribution in [2.45, 2.75) is 27.2 Å². The summed E-state index contributed by atoms with van der Waals surface area (Å²) in [4.78, 5) is 20.3. The number of guanidine groups is 1. The number of halogens is 3. The highest BCUT2D eigenvalue weighted by Gasteiger charge is 2.15. The molecule has 1 amide bonds. The number of hydrogen-bond donors (Lipinski definition) is 1. The van der Waals surface area contributed by atoms with Crippen LogP contribution in [0.4, 0.5) is 4.39 Å². The molecule has 1 N–H and O–H groups in total. The van der Waals surface area contributed by atoms with Gasteiger partial charge in [-0.25, -0.2) is 4.39 Å². The Labute approximate surface area is 178 Å². The highest BCUT2D eigenvalue weighted by Crippen LogP contribution is 2.19. The lowest BCUT2D eigenvalue weighted by molar-refractivity contribution is -0.131. The standard InChI is InChI=1S/C18H28ClFN4O.HI/c1-5-21-18(23(4)13-17(25)24(6-2)7-3)22-12-11-14-15(19)9-8-10-16(14)20;/h8-10H,5-7,11-13H2,1-4H3,(H,21,22);1H. The number of rotatable bonds is 8. The van der Waals surface area contributed by atoms with Crippen molar-refractivity contribution in [3.63, 3.8) is 0 Å². The molecule has 0 radical (unpaired) electrons.